The maximum Gasteiger partial charge on any atom is 0.159 e. The molecule has 0 radical (unpaired) electrons. The fourth-order valence-corrected chi connectivity index (χ4v) is 2.07. The molecule has 0 amide bonds. The van der Waals surface area contributed by atoms with Crippen molar-refractivity contribution < 1.29 is 13.5 Å². The molecule has 4 heteroatoms. The average Bonchev–Trinajstić information content (AvgIpc) is 2.24. The van der Waals surface area contributed by atoms with Gasteiger partial charge in [0, 0.05) is 12.1 Å². The van der Waals surface area contributed by atoms with Crippen molar-refractivity contribution >= 4 is 0 Å². The Hall–Kier alpha value is -1.00. The number of hydrogen-bond donors (Lipinski definition) is 1. The third-order valence-corrected chi connectivity index (χ3v) is 2.89. The van der Waals surface area contributed by atoms with Gasteiger partial charge in [0.05, 0.1) is 6.61 Å². The van der Waals surface area contributed by atoms with Crippen LogP contribution in [0.1, 0.15) is 18.4 Å². The Morgan fingerprint density at radius 1 is 1.31 bits per heavy atom. The largest absolute Gasteiger partial charge is 0.380 e. The summed E-state index contributed by atoms with van der Waals surface area (Å²) in [6.07, 6.45) is 2.29. The minimum absolute atomic E-state index is 0.442. The van der Waals surface area contributed by atoms with Gasteiger partial charge >= 0.3 is 0 Å². The third-order valence-electron chi connectivity index (χ3n) is 2.89. The normalized spacial score (nSPS) is 25.7. The van der Waals surface area contributed by atoms with E-state index in [2.05, 4.69) is 0 Å². The molecule has 1 atom stereocenters. The first-order valence-corrected chi connectivity index (χ1v) is 5.40. The lowest BCUT2D eigenvalue weighted by atomic mass is 9.87. The van der Waals surface area contributed by atoms with E-state index in [1.54, 1.807) is 6.07 Å². The summed E-state index contributed by atoms with van der Waals surface area (Å²) in [5.41, 5.74) is 6.41. The summed E-state index contributed by atoms with van der Waals surface area (Å²) in [5.74, 6) is -1.65. The van der Waals surface area contributed by atoms with Crippen LogP contribution in [0.2, 0.25) is 0 Å². The van der Waals surface area contributed by atoms with Crippen LogP contribution in [0.15, 0.2) is 18.2 Å². The summed E-state index contributed by atoms with van der Waals surface area (Å²) in [4.78, 5) is 0. The van der Waals surface area contributed by atoms with Gasteiger partial charge < -0.3 is 10.5 Å². The lowest BCUT2D eigenvalue weighted by Gasteiger charge is -2.33. The zero-order valence-corrected chi connectivity index (χ0v) is 9.01. The van der Waals surface area contributed by atoms with Crippen LogP contribution in [-0.2, 0) is 11.2 Å². The zero-order chi connectivity index (χ0) is 11.6. The maximum absolute atomic E-state index is 13.0. The highest BCUT2D eigenvalue weighted by molar-refractivity contribution is 5.20. The van der Waals surface area contributed by atoms with Crippen LogP contribution in [0.5, 0.6) is 0 Å². The van der Waals surface area contributed by atoms with E-state index in [1.807, 2.05) is 0 Å². The molecule has 1 aromatic rings. The smallest absolute Gasteiger partial charge is 0.159 e. The predicted octanol–water partition coefficient (Wildman–Crippen LogP) is 2.02. The van der Waals surface area contributed by atoms with Gasteiger partial charge in [0.15, 0.2) is 11.6 Å². The highest BCUT2D eigenvalue weighted by Gasteiger charge is 2.28. The molecular weight excluding hydrogens is 212 g/mol. The average molecular weight is 227 g/mol. The first-order chi connectivity index (χ1) is 7.59. The molecule has 16 heavy (non-hydrogen) atoms. The van der Waals surface area contributed by atoms with Crippen molar-refractivity contribution in [3.63, 3.8) is 0 Å². The second-order valence-corrected chi connectivity index (χ2v) is 4.44. The second kappa shape index (κ2) is 4.47. The van der Waals surface area contributed by atoms with Gasteiger partial charge in [-0.05, 0) is 37.0 Å². The van der Waals surface area contributed by atoms with E-state index in [0.717, 1.165) is 25.5 Å². The maximum atomic E-state index is 13.0. The SMILES string of the molecule is NC1(Cc2ccc(F)c(F)c2)CCCOC1. The molecule has 1 heterocycles. The fourth-order valence-electron chi connectivity index (χ4n) is 2.07. The lowest BCUT2D eigenvalue weighted by Crippen LogP contribution is -2.49. The van der Waals surface area contributed by atoms with Crippen molar-refractivity contribution in [2.45, 2.75) is 24.8 Å². The molecule has 0 bridgehead atoms. The number of rotatable bonds is 2. The molecule has 0 aromatic heterocycles. The Morgan fingerprint density at radius 2 is 2.12 bits per heavy atom. The Kier molecular flexibility index (Phi) is 3.21. The van der Waals surface area contributed by atoms with Crippen molar-refractivity contribution in [2.24, 2.45) is 5.73 Å². The monoisotopic (exact) mass is 227 g/mol. The summed E-state index contributed by atoms with van der Waals surface area (Å²) in [6.45, 7) is 1.21. The highest BCUT2D eigenvalue weighted by atomic mass is 19.2. The van der Waals surface area contributed by atoms with E-state index in [1.165, 1.54) is 6.07 Å². The first kappa shape index (κ1) is 11.5. The van der Waals surface area contributed by atoms with Crippen LogP contribution in [-0.4, -0.2) is 18.8 Å². The summed E-state index contributed by atoms with van der Waals surface area (Å²) in [5, 5.41) is 0. The molecule has 2 rings (SSSR count). The number of halogens is 2. The van der Waals surface area contributed by atoms with Crippen LogP contribution in [0.25, 0.3) is 0 Å². The van der Waals surface area contributed by atoms with Crippen LogP contribution >= 0.6 is 0 Å². The second-order valence-electron chi connectivity index (χ2n) is 4.44. The molecule has 0 saturated carbocycles. The van der Waals surface area contributed by atoms with Crippen LogP contribution in [0.3, 0.4) is 0 Å². The highest BCUT2D eigenvalue weighted by Crippen LogP contribution is 2.22. The Morgan fingerprint density at radius 3 is 2.75 bits per heavy atom. The van der Waals surface area contributed by atoms with E-state index >= 15 is 0 Å². The number of nitrogens with two attached hydrogens (primary N) is 1. The molecule has 1 saturated heterocycles. The van der Waals surface area contributed by atoms with Crippen molar-refractivity contribution in [3.8, 4) is 0 Å². The van der Waals surface area contributed by atoms with E-state index in [9.17, 15) is 8.78 Å². The molecule has 2 N–H and O–H groups in total. The molecule has 1 unspecified atom stereocenters. The molecule has 1 aliphatic rings. The van der Waals surface area contributed by atoms with Crippen LogP contribution < -0.4 is 5.73 Å². The topological polar surface area (TPSA) is 35.2 Å². The lowest BCUT2D eigenvalue weighted by molar-refractivity contribution is 0.0382. The predicted molar refractivity (Wildman–Crippen MR) is 57.0 cm³/mol. The van der Waals surface area contributed by atoms with E-state index < -0.39 is 17.2 Å². The quantitative estimate of drug-likeness (QED) is 0.838. The Labute approximate surface area is 93.4 Å². The molecule has 1 fully saturated rings. The molecule has 0 aliphatic carbocycles. The number of hydrogen-bond acceptors (Lipinski definition) is 2. The van der Waals surface area contributed by atoms with E-state index in [4.69, 9.17) is 10.5 Å². The van der Waals surface area contributed by atoms with Gasteiger partial charge in [-0.25, -0.2) is 8.78 Å². The number of ether oxygens (including phenoxy) is 1. The first-order valence-electron chi connectivity index (χ1n) is 5.40. The summed E-state index contributed by atoms with van der Waals surface area (Å²) in [6, 6.07) is 3.91. The van der Waals surface area contributed by atoms with Crippen LogP contribution in [0.4, 0.5) is 8.78 Å². The standard InChI is InChI=1S/C12H15F2NO/c13-10-3-2-9(6-11(10)14)7-12(15)4-1-5-16-8-12/h2-3,6H,1,4-5,7-8,15H2. The van der Waals surface area contributed by atoms with Gasteiger partial charge in [-0.2, -0.15) is 0 Å². The van der Waals surface area contributed by atoms with Crippen LogP contribution in [0, 0.1) is 11.6 Å². The van der Waals surface area contributed by atoms with Gasteiger partial charge in [-0.1, -0.05) is 6.07 Å². The third kappa shape index (κ3) is 2.57. The molecule has 1 aromatic carbocycles. The summed E-state index contributed by atoms with van der Waals surface area (Å²) in [7, 11) is 0. The Balaban J connectivity index is 2.10. The van der Waals surface area contributed by atoms with Crippen molar-refractivity contribution in [1.82, 2.24) is 0 Å². The van der Waals surface area contributed by atoms with Gasteiger partial charge in [-0.3, -0.25) is 0 Å². The minimum atomic E-state index is -0.824. The van der Waals surface area contributed by atoms with Crippen molar-refractivity contribution in [1.29, 1.82) is 0 Å². The van der Waals surface area contributed by atoms with Crippen molar-refractivity contribution in [2.75, 3.05) is 13.2 Å². The minimum Gasteiger partial charge on any atom is -0.380 e. The Bertz CT molecular complexity index is 375. The van der Waals surface area contributed by atoms with E-state index in [-0.39, 0.29) is 0 Å². The van der Waals surface area contributed by atoms with Crippen molar-refractivity contribution in [3.05, 3.63) is 35.4 Å². The molecular formula is C12H15F2NO. The fraction of sp³-hybridized carbons (Fsp3) is 0.500. The van der Waals surface area contributed by atoms with Gasteiger partial charge in [0.25, 0.3) is 0 Å². The molecule has 0 spiro atoms. The van der Waals surface area contributed by atoms with Gasteiger partial charge in [0.2, 0.25) is 0 Å². The summed E-state index contributed by atoms with van der Waals surface area (Å²) < 4.78 is 31.1. The van der Waals surface area contributed by atoms with Gasteiger partial charge in [-0.15, -0.1) is 0 Å². The summed E-state index contributed by atoms with van der Waals surface area (Å²) >= 11 is 0. The molecule has 88 valence electrons. The molecule has 1 aliphatic heterocycles. The van der Waals surface area contributed by atoms with Gasteiger partial charge in [0.1, 0.15) is 0 Å². The zero-order valence-electron chi connectivity index (χ0n) is 9.01. The van der Waals surface area contributed by atoms with E-state index in [0.29, 0.717) is 18.6 Å². The molecule has 2 nitrogen and oxygen atoms in total. The number of benzene rings is 1.